The van der Waals surface area contributed by atoms with Gasteiger partial charge in [0.1, 0.15) is 23.1 Å². The number of hydrogen-bond donors (Lipinski definition) is 2. The van der Waals surface area contributed by atoms with Crippen LogP contribution >= 0.6 is 23.4 Å². The van der Waals surface area contributed by atoms with E-state index in [1.165, 1.54) is 0 Å². The molecule has 7 heteroatoms. The molecule has 0 spiro atoms. The van der Waals surface area contributed by atoms with E-state index in [1.807, 2.05) is 53.2 Å². The normalized spacial score (nSPS) is 16.6. The highest BCUT2D eigenvalue weighted by molar-refractivity contribution is 7.99. The van der Waals surface area contributed by atoms with Gasteiger partial charge < -0.3 is 11.1 Å². The first-order valence-electron chi connectivity index (χ1n) is 9.18. The van der Waals surface area contributed by atoms with Gasteiger partial charge in [0.05, 0.1) is 6.04 Å². The van der Waals surface area contributed by atoms with E-state index in [0.29, 0.717) is 17.1 Å². The molecule has 0 bridgehead atoms. The number of aromatic nitrogens is 2. The van der Waals surface area contributed by atoms with Crippen LogP contribution in [0.25, 0.3) is 11.3 Å². The molecule has 0 radical (unpaired) electrons. The second kappa shape index (κ2) is 8.27. The minimum atomic E-state index is 0.189. The van der Waals surface area contributed by atoms with Crippen molar-refractivity contribution in [3.05, 3.63) is 59.1 Å². The quantitative estimate of drug-likeness (QED) is 0.650. The minimum Gasteiger partial charge on any atom is -0.383 e. The zero-order valence-corrected chi connectivity index (χ0v) is 16.8. The van der Waals surface area contributed by atoms with Gasteiger partial charge in [-0.1, -0.05) is 35.5 Å². The van der Waals surface area contributed by atoms with Gasteiger partial charge in [-0.2, -0.15) is 10.4 Å². The Labute approximate surface area is 173 Å². The molecule has 1 aliphatic heterocycles. The first-order chi connectivity index (χ1) is 13.7. The van der Waals surface area contributed by atoms with E-state index in [4.69, 9.17) is 22.4 Å². The molecule has 142 valence electrons. The van der Waals surface area contributed by atoms with E-state index < -0.39 is 0 Å². The average molecular weight is 410 g/mol. The van der Waals surface area contributed by atoms with Crippen molar-refractivity contribution in [3.8, 4) is 17.3 Å². The predicted molar refractivity (Wildman–Crippen MR) is 114 cm³/mol. The molecule has 1 aliphatic rings. The van der Waals surface area contributed by atoms with E-state index in [1.54, 1.807) is 11.8 Å². The number of nitrogens with two attached hydrogens (primary N) is 1. The molecular formula is C21H20ClN5S. The van der Waals surface area contributed by atoms with Crippen LogP contribution < -0.4 is 11.1 Å². The van der Waals surface area contributed by atoms with E-state index in [2.05, 4.69) is 11.4 Å². The van der Waals surface area contributed by atoms with Crippen LogP contribution in [0, 0.1) is 11.3 Å². The van der Waals surface area contributed by atoms with Crippen molar-refractivity contribution >= 4 is 29.2 Å². The Bertz CT molecular complexity index is 999. The monoisotopic (exact) mass is 409 g/mol. The summed E-state index contributed by atoms with van der Waals surface area (Å²) < 4.78 is 1.82. The molecule has 0 saturated carbocycles. The van der Waals surface area contributed by atoms with Crippen LogP contribution in [0.5, 0.6) is 0 Å². The number of hydrogen-bond acceptors (Lipinski definition) is 5. The number of rotatable bonds is 4. The first kappa shape index (κ1) is 18.9. The van der Waals surface area contributed by atoms with Crippen molar-refractivity contribution in [1.29, 1.82) is 5.26 Å². The molecule has 3 N–H and O–H groups in total. The molecule has 2 aromatic carbocycles. The van der Waals surface area contributed by atoms with E-state index in [0.717, 1.165) is 46.3 Å². The Balaban J connectivity index is 1.60. The van der Waals surface area contributed by atoms with Gasteiger partial charge in [-0.15, -0.1) is 0 Å². The van der Waals surface area contributed by atoms with Crippen LogP contribution in [0.1, 0.15) is 24.4 Å². The molecule has 0 aliphatic carbocycles. The topological polar surface area (TPSA) is 79.7 Å². The zero-order chi connectivity index (χ0) is 19.5. The summed E-state index contributed by atoms with van der Waals surface area (Å²) in [5.41, 5.74) is 8.25. The molecule has 4 rings (SSSR count). The third kappa shape index (κ3) is 3.88. The summed E-state index contributed by atoms with van der Waals surface area (Å²) >= 11 is 7.60. The van der Waals surface area contributed by atoms with Gasteiger partial charge in [0.25, 0.3) is 0 Å². The molecule has 1 atom stereocenters. The summed E-state index contributed by atoms with van der Waals surface area (Å²) in [5, 5.41) is 18.4. The Morgan fingerprint density at radius 1 is 1.14 bits per heavy atom. The van der Waals surface area contributed by atoms with Crippen molar-refractivity contribution in [2.45, 2.75) is 28.7 Å². The zero-order valence-electron chi connectivity index (χ0n) is 15.2. The molecule has 28 heavy (non-hydrogen) atoms. The molecule has 1 unspecified atom stereocenters. The number of nitrogens with zero attached hydrogens (tertiary/aromatic N) is 3. The highest BCUT2D eigenvalue weighted by atomic mass is 35.5. The van der Waals surface area contributed by atoms with Crippen LogP contribution in [-0.4, -0.2) is 22.9 Å². The Morgan fingerprint density at radius 2 is 1.82 bits per heavy atom. The lowest BCUT2D eigenvalue weighted by Gasteiger charge is -2.23. The summed E-state index contributed by atoms with van der Waals surface area (Å²) in [5.74, 6) is 0.450. The van der Waals surface area contributed by atoms with Crippen molar-refractivity contribution in [3.63, 3.8) is 0 Å². The highest BCUT2D eigenvalue weighted by Crippen LogP contribution is 2.33. The number of piperidine rings is 1. The maximum Gasteiger partial charge on any atom is 0.140 e. The summed E-state index contributed by atoms with van der Waals surface area (Å²) in [4.78, 5) is 2.22. The van der Waals surface area contributed by atoms with Crippen LogP contribution in [0.2, 0.25) is 5.02 Å². The number of nitrogens with one attached hydrogen (secondary N) is 1. The van der Waals surface area contributed by atoms with Crippen molar-refractivity contribution < 1.29 is 0 Å². The molecular weight excluding hydrogens is 390 g/mol. The summed E-state index contributed by atoms with van der Waals surface area (Å²) in [6.07, 6.45) is 2.09. The highest BCUT2D eigenvalue weighted by Gasteiger charge is 2.23. The Hall–Kier alpha value is -2.46. The third-order valence-corrected chi connectivity index (χ3v) is 6.12. The number of anilines is 1. The molecule has 1 saturated heterocycles. The summed E-state index contributed by atoms with van der Waals surface area (Å²) in [6, 6.07) is 18.2. The smallest absolute Gasteiger partial charge is 0.140 e. The molecule has 2 heterocycles. The molecule has 5 nitrogen and oxygen atoms in total. The lowest BCUT2D eigenvalue weighted by Crippen LogP contribution is -2.32. The fourth-order valence-electron chi connectivity index (χ4n) is 3.40. The van der Waals surface area contributed by atoms with Gasteiger partial charge in [0.2, 0.25) is 0 Å². The van der Waals surface area contributed by atoms with Crippen LogP contribution in [-0.2, 0) is 0 Å². The van der Waals surface area contributed by atoms with Gasteiger partial charge in [0, 0.05) is 26.9 Å². The second-order valence-corrected chi connectivity index (χ2v) is 8.33. The number of nitriles is 1. The van der Waals surface area contributed by atoms with Crippen LogP contribution in [0.15, 0.2) is 58.3 Å². The molecule has 3 aromatic rings. The van der Waals surface area contributed by atoms with E-state index in [9.17, 15) is 5.26 Å². The Kier molecular flexibility index (Phi) is 5.58. The predicted octanol–water partition coefficient (Wildman–Crippen LogP) is 4.73. The average Bonchev–Trinajstić information content (AvgIpc) is 3.07. The van der Waals surface area contributed by atoms with Gasteiger partial charge in [-0.25, -0.2) is 4.68 Å². The second-order valence-electron chi connectivity index (χ2n) is 6.75. The third-order valence-electron chi connectivity index (χ3n) is 4.85. The standard InChI is InChI=1S/C21H20ClN5S/c22-15-5-9-18(10-6-15)28-17-7-3-14(4-8-17)20-19(12-23)21(24)27(26-20)16-2-1-11-25-13-16/h3-10,16,25H,1-2,11,13,24H2. The largest absolute Gasteiger partial charge is 0.383 e. The van der Waals surface area contributed by atoms with E-state index >= 15 is 0 Å². The van der Waals surface area contributed by atoms with Crippen LogP contribution in [0.4, 0.5) is 5.82 Å². The fourth-order valence-corrected chi connectivity index (χ4v) is 4.34. The molecule has 1 aromatic heterocycles. The van der Waals surface area contributed by atoms with Gasteiger partial charge in [0.15, 0.2) is 0 Å². The minimum absolute atomic E-state index is 0.189. The number of halogens is 1. The van der Waals surface area contributed by atoms with Gasteiger partial charge >= 0.3 is 0 Å². The maximum absolute atomic E-state index is 9.63. The van der Waals surface area contributed by atoms with Crippen molar-refractivity contribution in [2.75, 3.05) is 18.8 Å². The first-order valence-corrected chi connectivity index (χ1v) is 10.4. The van der Waals surface area contributed by atoms with Crippen molar-refractivity contribution in [2.24, 2.45) is 0 Å². The lowest BCUT2D eigenvalue weighted by molar-refractivity contribution is 0.351. The SMILES string of the molecule is N#Cc1c(-c2ccc(Sc3ccc(Cl)cc3)cc2)nn(C2CCCNC2)c1N. The summed E-state index contributed by atoms with van der Waals surface area (Å²) in [6.45, 7) is 1.84. The number of benzene rings is 2. The Morgan fingerprint density at radius 3 is 2.43 bits per heavy atom. The lowest BCUT2D eigenvalue weighted by atomic mass is 10.1. The van der Waals surface area contributed by atoms with E-state index in [-0.39, 0.29) is 6.04 Å². The fraction of sp³-hybridized carbons (Fsp3) is 0.238. The number of nitrogen functional groups attached to an aromatic ring is 1. The van der Waals surface area contributed by atoms with Crippen LogP contribution in [0.3, 0.4) is 0 Å². The van der Waals surface area contributed by atoms with Crippen molar-refractivity contribution in [1.82, 2.24) is 15.1 Å². The summed E-state index contributed by atoms with van der Waals surface area (Å²) in [7, 11) is 0. The molecule has 0 amide bonds. The molecule has 1 fully saturated rings. The maximum atomic E-state index is 9.63. The van der Waals surface area contributed by atoms with Gasteiger partial charge in [-0.3, -0.25) is 0 Å². The van der Waals surface area contributed by atoms with Gasteiger partial charge in [-0.05, 0) is 55.8 Å².